The van der Waals surface area contributed by atoms with Gasteiger partial charge in [-0.3, -0.25) is 0 Å². The van der Waals surface area contributed by atoms with Crippen molar-refractivity contribution in [3.05, 3.63) is 67.1 Å². The van der Waals surface area contributed by atoms with Crippen LogP contribution < -0.4 is 5.32 Å². The van der Waals surface area contributed by atoms with Crippen LogP contribution in [-0.4, -0.2) is 6.54 Å². The van der Waals surface area contributed by atoms with E-state index in [1.54, 1.807) is 6.07 Å². The van der Waals surface area contributed by atoms with Crippen LogP contribution in [0.4, 0.5) is 0 Å². The lowest BCUT2D eigenvalue weighted by Crippen LogP contribution is -2.23. The van der Waals surface area contributed by atoms with Gasteiger partial charge in [0.05, 0.1) is 5.02 Å². The smallest absolute Gasteiger partial charge is 0.0548 e. The van der Waals surface area contributed by atoms with E-state index in [4.69, 9.17) is 34.8 Å². The highest BCUT2D eigenvalue weighted by Crippen LogP contribution is 2.30. The number of likely N-dealkylation sites (N-methyl/N-ethyl adjacent to an activating group) is 1. The lowest BCUT2D eigenvalue weighted by molar-refractivity contribution is 0.550. The van der Waals surface area contributed by atoms with E-state index in [9.17, 15) is 0 Å². The van der Waals surface area contributed by atoms with Gasteiger partial charge in [-0.1, -0.05) is 47.8 Å². The lowest BCUT2D eigenvalue weighted by Gasteiger charge is -2.20. The van der Waals surface area contributed by atoms with Gasteiger partial charge in [-0.2, -0.15) is 0 Å². The van der Waals surface area contributed by atoms with Crippen LogP contribution in [0.1, 0.15) is 24.1 Å². The van der Waals surface area contributed by atoms with E-state index in [1.165, 1.54) is 0 Å². The maximum Gasteiger partial charge on any atom is 0.0548 e. The van der Waals surface area contributed by atoms with Gasteiger partial charge in [-0.25, -0.2) is 0 Å². The van der Waals surface area contributed by atoms with Gasteiger partial charge in [-0.05, 0) is 70.4 Å². The zero-order valence-electron chi connectivity index (χ0n) is 11.5. The first kappa shape index (κ1) is 17.1. The van der Waals surface area contributed by atoms with Crippen molar-refractivity contribution in [2.75, 3.05) is 6.54 Å². The van der Waals surface area contributed by atoms with E-state index < -0.39 is 0 Å². The molecule has 0 heterocycles. The van der Waals surface area contributed by atoms with E-state index in [1.807, 2.05) is 30.3 Å². The topological polar surface area (TPSA) is 12.0 Å². The summed E-state index contributed by atoms with van der Waals surface area (Å²) in [6.45, 7) is 2.95. The zero-order valence-corrected chi connectivity index (χ0v) is 15.3. The van der Waals surface area contributed by atoms with Gasteiger partial charge in [0.1, 0.15) is 0 Å². The quantitative estimate of drug-likeness (QED) is 0.613. The minimum atomic E-state index is 0.152. The predicted molar refractivity (Wildman–Crippen MR) is 95.7 cm³/mol. The minimum Gasteiger partial charge on any atom is -0.310 e. The molecular weight excluding hydrogens is 392 g/mol. The Hall–Kier alpha value is -0.250. The predicted octanol–water partition coefficient (Wildman–Crippen LogP) is 6.30. The van der Waals surface area contributed by atoms with Gasteiger partial charge in [0, 0.05) is 20.6 Å². The molecule has 0 saturated heterocycles. The molecule has 0 radical (unpaired) electrons. The second-order valence-corrected chi connectivity index (χ2v) is 6.83. The Balaban J connectivity index is 2.30. The van der Waals surface area contributed by atoms with E-state index in [-0.39, 0.29) is 6.04 Å². The molecule has 0 amide bonds. The number of nitrogens with one attached hydrogen (secondary N) is 1. The average Bonchev–Trinajstić information content (AvgIpc) is 2.45. The molecule has 0 aliphatic carbocycles. The highest BCUT2D eigenvalue weighted by molar-refractivity contribution is 9.10. The van der Waals surface area contributed by atoms with E-state index in [2.05, 4.69) is 28.2 Å². The highest BCUT2D eigenvalue weighted by atomic mass is 79.9. The molecule has 1 N–H and O–H groups in total. The molecule has 2 aromatic rings. The van der Waals surface area contributed by atoms with E-state index >= 15 is 0 Å². The molecule has 0 saturated carbocycles. The van der Waals surface area contributed by atoms with Crippen LogP contribution in [0.2, 0.25) is 15.1 Å². The molecule has 0 fully saturated rings. The summed E-state index contributed by atoms with van der Waals surface area (Å²) in [7, 11) is 0. The fourth-order valence-corrected chi connectivity index (χ4v) is 3.11. The summed E-state index contributed by atoms with van der Waals surface area (Å²) in [6.07, 6.45) is 0.765. The van der Waals surface area contributed by atoms with Crippen LogP contribution >= 0.6 is 50.7 Å². The lowest BCUT2D eigenvalue weighted by atomic mass is 9.99. The fraction of sp³-hybridized carbons (Fsp3) is 0.250. The first-order valence-corrected chi connectivity index (χ1v) is 8.56. The molecule has 2 aromatic carbocycles. The Morgan fingerprint density at radius 3 is 2.43 bits per heavy atom. The monoisotopic (exact) mass is 405 g/mol. The van der Waals surface area contributed by atoms with Gasteiger partial charge in [0.2, 0.25) is 0 Å². The number of benzene rings is 2. The molecule has 1 unspecified atom stereocenters. The third-order valence-electron chi connectivity index (χ3n) is 3.23. The normalized spacial score (nSPS) is 12.4. The second kappa shape index (κ2) is 7.85. The molecule has 0 bridgehead atoms. The Kier molecular flexibility index (Phi) is 6.39. The molecule has 0 aromatic heterocycles. The van der Waals surface area contributed by atoms with Crippen LogP contribution in [0.5, 0.6) is 0 Å². The molecule has 0 aliphatic rings. The Bertz CT molecular complexity index is 631. The first-order valence-electron chi connectivity index (χ1n) is 6.63. The van der Waals surface area contributed by atoms with Crippen LogP contribution in [0, 0.1) is 0 Å². The first-order chi connectivity index (χ1) is 10.0. The van der Waals surface area contributed by atoms with Crippen molar-refractivity contribution in [1.29, 1.82) is 0 Å². The van der Waals surface area contributed by atoms with Crippen LogP contribution in [0.3, 0.4) is 0 Å². The van der Waals surface area contributed by atoms with Crippen molar-refractivity contribution in [2.24, 2.45) is 0 Å². The van der Waals surface area contributed by atoms with Gasteiger partial charge < -0.3 is 5.32 Å². The molecule has 1 atom stereocenters. The third kappa shape index (κ3) is 4.61. The van der Waals surface area contributed by atoms with Crippen molar-refractivity contribution in [3.8, 4) is 0 Å². The SMILES string of the molecule is CCNC(Cc1cc(Cl)ccc1Cl)c1ccc(Cl)c(Br)c1. The van der Waals surface area contributed by atoms with Gasteiger partial charge in [0.25, 0.3) is 0 Å². The van der Waals surface area contributed by atoms with Crippen LogP contribution in [0.25, 0.3) is 0 Å². The van der Waals surface area contributed by atoms with Crippen LogP contribution in [-0.2, 0) is 6.42 Å². The fourth-order valence-electron chi connectivity index (χ4n) is 2.20. The summed E-state index contributed by atoms with van der Waals surface area (Å²) in [5.41, 5.74) is 2.19. The molecule has 1 nitrogen and oxygen atoms in total. The van der Waals surface area contributed by atoms with Crippen LogP contribution in [0.15, 0.2) is 40.9 Å². The summed E-state index contributed by atoms with van der Waals surface area (Å²) >= 11 is 21.9. The Morgan fingerprint density at radius 1 is 1.05 bits per heavy atom. The number of hydrogen-bond donors (Lipinski definition) is 1. The highest BCUT2D eigenvalue weighted by Gasteiger charge is 2.14. The summed E-state index contributed by atoms with van der Waals surface area (Å²) in [4.78, 5) is 0. The standard InChI is InChI=1S/C16H15BrCl3N/c1-2-21-16(10-3-5-15(20)13(17)8-10)9-11-7-12(18)4-6-14(11)19/h3-8,16,21H,2,9H2,1H3. The van der Waals surface area contributed by atoms with Crippen molar-refractivity contribution in [1.82, 2.24) is 5.32 Å². The van der Waals surface area contributed by atoms with Gasteiger partial charge >= 0.3 is 0 Å². The molecule has 21 heavy (non-hydrogen) atoms. The van der Waals surface area contributed by atoms with Gasteiger partial charge in [0.15, 0.2) is 0 Å². The molecule has 0 spiro atoms. The maximum absolute atomic E-state index is 6.27. The van der Waals surface area contributed by atoms with E-state index in [0.29, 0.717) is 10.0 Å². The summed E-state index contributed by atoms with van der Waals surface area (Å²) in [6, 6.07) is 11.7. The summed E-state index contributed by atoms with van der Waals surface area (Å²) < 4.78 is 0.891. The summed E-state index contributed by atoms with van der Waals surface area (Å²) in [5.74, 6) is 0. The second-order valence-electron chi connectivity index (χ2n) is 4.72. The van der Waals surface area contributed by atoms with Crippen molar-refractivity contribution >= 4 is 50.7 Å². The minimum absolute atomic E-state index is 0.152. The maximum atomic E-state index is 6.27. The largest absolute Gasteiger partial charge is 0.310 e. The zero-order chi connectivity index (χ0) is 15.4. The van der Waals surface area contributed by atoms with Gasteiger partial charge in [-0.15, -0.1) is 0 Å². The summed E-state index contributed by atoms with van der Waals surface area (Å²) in [5, 5.41) is 5.61. The number of rotatable bonds is 5. The Labute approximate surface area is 148 Å². The Morgan fingerprint density at radius 2 is 1.76 bits per heavy atom. The van der Waals surface area contributed by atoms with E-state index in [0.717, 1.165) is 33.6 Å². The number of hydrogen-bond acceptors (Lipinski definition) is 1. The number of halogens is 4. The molecule has 112 valence electrons. The van der Waals surface area contributed by atoms with Crippen molar-refractivity contribution in [3.63, 3.8) is 0 Å². The molecular formula is C16H15BrCl3N. The molecule has 0 aliphatic heterocycles. The van der Waals surface area contributed by atoms with Crippen molar-refractivity contribution in [2.45, 2.75) is 19.4 Å². The third-order valence-corrected chi connectivity index (χ3v) is 5.05. The van der Waals surface area contributed by atoms with Crippen molar-refractivity contribution < 1.29 is 0 Å². The molecule has 5 heteroatoms. The average molecular weight is 408 g/mol. The molecule has 2 rings (SSSR count).